The molecule has 25 atom stereocenters. The monoisotopic (exact) mass is 1340 g/mol. The number of hydrogen-bond donors (Lipinski definition) is 7. The number of ether oxygens (including phenoxy) is 10. The number of hydroxylamine groups is 1. The van der Waals surface area contributed by atoms with E-state index >= 15 is 0 Å². The van der Waals surface area contributed by atoms with E-state index in [1.165, 1.54) is 27.7 Å². The van der Waals surface area contributed by atoms with Crippen LogP contribution in [-0.2, 0) is 110 Å². The summed E-state index contributed by atoms with van der Waals surface area (Å²) < 4.78 is 211. The SMILES string of the molecule is CO[C@H]1OC(COS(=O)(=O)[O-])[C@@H](O[C@@H]2O[C@@H]([NH2+][O-])[C@@H](O[C@H]3OC(COS(=O)(=O)[O-])[C@@H](O[C@@H]4OC(C(=O)[O-])[C@@H](O[C@H]5OC(COS(=O)(=O)[O-])[C@@H](O)[C@H](O)C5C)[C@H](O)C4O)[C@H](C)C3C)C(O)C2OS(=O)(=O)[O-])[C@H](O)C1C.[Ca+2].[Na+].[Na+].[Na+].[Na+].[Na+].[OH-]. The molecular formula is C34H55CaNNa5O36S4+. The van der Waals surface area contributed by atoms with Crippen molar-refractivity contribution in [2.75, 3.05) is 26.9 Å². The number of aliphatic carboxylic acids is 1. The van der Waals surface area contributed by atoms with Crippen LogP contribution in [0, 0.1) is 28.9 Å². The van der Waals surface area contributed by atoms with Gasteiger partial charge in [-0.25, -0.2) is 33.7 Å². The summed E-state index contributed by atoms with van der Waals surface area (Å²) in [6.07, 6.45) is -43.0. The Hall–Kier alpha value is 4.45. The van der Waals surface area contributed by atoms with Crippen LogP contribution in [0.3, 0.4) is 0 Å². The van der Waals surface area contributed by atoms with Crippen LogP contribution in [0.5, 0.6) is 0 Å². The minimum Gasteiger partial charge on any atom is -0.870 e. The van der Waals surface area contributed by atoms with Gasteiger partial charge in [0.2, 0.25) is 47.8 Å². The first-order valence-corrected chi connectivity index (χ1v) is 27.0. The van der Waals surface area contributed by atoms with Crippen LogP contribution in [0.1, 0.15) is 27.7 Å². The average Bonchev–Trinajstić information content (AvgIpc) is 3.29. The third kappa shape index (κ3) is 25.0. The molecule has 5 rings (SSSR count). The zero-order chi connectivity index (χ0) is 55.7. The van der Waals surface area contributed by atoms with Gasteiger partial charge < -0.3 is 118 Å². The molecule has 5 aliphatic heterocycles. The van der Waals surface area contributed by atoms with E-state index in [9.17, 15) is 97.6 Å². The van der Waals surface area contributed by atoms with Gasteiger partial charge in [-0.1, -0.05) is 27.7 Å². The first-order chi connectivity index (χ1) is 34.1. The summed E-state index contributed by atoms with van der Waals surface area (Å²) in [5.74, 6) is -6.89. The summed E-state index contributed by atoms with van der Waals surface area (Å²) in [6, 6.07) is 0. The number of quaternary nitrogens is 1. The fraction of sp³-hybridized carbons (Fsp3) is 0.971. The Morgan fingerprint density at radius 3 is 1.36 bits per heavy atom. The van der Waals surface area contributed by atoms with Gasteiger partial charge >= 0.3 is 186 Å². The van der Waals surface area contributed by atoms with Crippen LogP contribution < -0.4 is 158 Å². The molecule has 47 heteroatoms. The number of nitrogens with two attached hydrogens (primary N) is 1. The van der Waals surface area contributed by atoms with E-state index in [0.29, 0.717) is 0 Å². The molecule has 5 heterocycles. The first kappa shape index (κ1) is 89.6. The summed E-state index contributed by atoms with van der Waals surface area (Å²) in [5.41, 5.74) is -0.0413. The molecule has 5 aliphatic rings. The summed E-state index contributed by atoms with van der Waals surface area (Å²) in [5, 5.41) is 91.2. The van der Waals surface area contributed by atoms with Gasteiger partial charge in [-0.3, -0.25) is 21.5 Å². The molecule has 5 saturated heterocycles. The number of carboxylic acids is 1. The largest absolute Gasteiger partial charge is 2.00 e. The van der Waals surface area contributed by atoms with Crippen molar-refractivity contribution in [2.24, 2.45) is 23.7 Å². The van der Waals surface area contributed by atoms with Crippen LogP contribution in [0.15, 0.2) is 0 Å². The summed E-state index contributed by atoms with van der Waals surface area (Å²) >= 11 is 0. The zero-order valence-corrected chi connectivity index (χ0v) is 60.4. The van der Waals surface area contributed by atoms with Crippen LogP contribution in [0.2, 0.25) is 0 Å². The molecule has 0 saturated carbocycles. The second-order valence-corrected chi connectivity index (χ2v) is 21.7. The number of carbonyl (C=O) groups is 1. The number of aliphatic hydroxyl groups excluding tert-OH is 6. The van der Waals surface area contributed by atoms with Crippen molar-refractivity contribution < 1.29 is 315 Å². The number of carboxylic acid groups (broad SMARTS) is 1. The minimum atomic E-state index is -5.89. The number of hydrogen-bond acceptors (Lipinski definition) is 36. The molecular weight excluding hydrogens is 1280 g/mol. The molecule has 0 aromatic heterocycles. The first-order valence-electron chi connectivity index (χ1n) is 21.7. The van der Waals surface area contributed by atoms with Gasteiger partial charge in [-0.05, 0) is 5.92 Å². The topological polar surface area (TPSA) is 589 Å². The van der Waals surface area contributed by atoms with Crippen molar-refractivity contribution in [3.8, 4) is 0 Å². The van der Waals surface area contributed by atoms with Crippen LogP contribution in [-0.4, -0.2) is 288 Å². The van der Waals surface area contributed by atoms with Crippen molar-refractivity contribution in [2.45, 2.75) is 157 Å². The predicted octanol–water partition coefficient (Wildman–Crippen LogP) is -26.0. The number of aliphatic hydroxyl groups is 6. The Balaban J connectivity index is -0.00000869. The summed E-state index contributed by atoms with van der Waals surface area (Å²) in [7, 11) is -21.2. The van der Waals surface area contributed by atoms with Crippen molar-refractivity contribution in [1.82, 2.24) is 0 Å². The Labute approximate surface area is 604 Å². The molecule has 0 amide bonds. The minimum absolute atomic E-state index is 0. The van der Waals surface area contributed by atoms with Crippen LogP contribution in [0.4, 0.5) is 0 Å². The van der Waals surface area contributed by atoms with E-state index in [2.05, 4.69) is 16.7 Å². The van der Waals surface area contributed by atoms with Gasteiger partial charge in [0.25, 0.3) is 0 Å². The van der Waals surface area contributed by atoms with Gasteiger partial charge in [0, 0.05) is 24.9 Å². The fourth-order valence-electron chi connectivity index (χ4n) is 8.58. The fourth-order valence-corrected chi connectivity index (χ4v) is 9.96. The standard InChI is InChI=1S/C34H59NO35S4.Ca.5Na.H2O/c1-9-10(2)31(67-25-21(41)26(70-74(54,55)56)34(69-28(25)35-44)65-23-15(8-60-73(51,52)53)62-30(57-5)12(4)17(23)37)63-14(7-59-72(48,49)50)22(9)64-33-20(40)19(39)24(27(68-33)29(42)43)66-32-11(3)16(36)18(38)13(61-32)6-58-71(45,46)47;;;;;;;/h9-28,30-34,36-41H,6-8,35H2,1-5H3,(H,42,43)(H,45,46,47)(H,48,49,50)(H,51,52,53)(H,54,55,56);;;;;;;1H2/q;+2;5*+1;/p-6/t9-,10?,11?,12?,13?,14?,15?,16-,17-,18-,19-,20?,21?,22+,23-,24+,25+,26?,27?,28-,30+,31-,32-,33-,34-;;;;;;;/m1......./s1. The van der Waals surface area contributed by atoms with Crippen molar-refractivity contribution in [1.29, 1.82) is 0 Å². The maximum Gasteiger partial charge on any atom is 2.00 e. The molecule has 0 bridgehead atoms. The molecule has 37 nitrogen and oxygen atoms in total. The zero-order valence-electron chi connectivity index (χ0n) is 44.9. The molecule has 0 aromatic carbocycles. The molecule has 442 valence electrons. The van der Waals surface area contributed by atoms with Crippen LogP contribution in [0.25, 0.3) is 0 Å². The molecule has 0 aliphatic carbocycles. The van der Waals surface area contributed by atoms with E-state index in [0.717, 1.165) is 7.11 Å². The van der Waals surface area contributed by atoms with Gasteiger partial charge in [0.1, 0.15) is 61.0 Å². The van der Waals surface area contributed by atoms with Gasteiger partial charge in [-0.2, -0.15) is 0 Å². The third-order valence-corrected chi connectivity index (χ3v) is 14.4. The average molecular weight is 1340 g/mol. The second-order valence-electron chi connectivity index (χ2n) is 17.5. The van der Waals surface area contributed by atoms with Crippen molar-refractivity contribution in [3.05, 3.63) is 5.21 Å². The van der Waals surface area contributed by atoms with Gasteiger partial charge in [0.05, 0.1) is 44.1 Å². The smallest absolute Gasteiger partial charge is 0.870 e. The Morgan fingerprint density at radius 1 is 0.469 bits per heavy atom. The number of rotatable bonds is 22. The van der Waals surface area contributed by atoms with E-state index < -0.39 is 220 Å². The van der Waals surface area contributed by atoms with Crippen molar-refractivity contribution >= 4 is 85.3 Å². The molecule has 9 N–H and O–H groups in total. The quantitative estimate of drug-likeness (QED) is 0.0229. The third-order valence-electron chi connectivity index (χ3n) is 12.7. The van der Waals surface area contributed by atoms with E-state index in [1.807, 2.05) is 0 Å². The Morgan fingerprint density at radius 2 is 0.889 bits per heavy atom. The van der Waals surface area contributed by atoms with Gasteiger partial charge in [-0.15, -0.1) is 0 Å². The predicted molar refractivity (Wildman–Crippen MR) is 222 cm³/mol. The second kappa shape index (κ2) is 38.0. The van der Waals surface area contributed by atoms with E-state index in [1.54, 1.807) is 0 Å². The molecule has 0 spiro atoms. The maximum atomic E-state index is 12.6. The molecule has 0 aromatic rings. The molecule has 0 radical (unpaired) electrons. The normalized spacial score (nSPS) is 40.2. The van der Waals surface area contributed by atoms with Gasteiger partial charge in [0.15, 0.2) is 43.7 Å². The van der Waals surface area contributed by atoms with E-state index in [-0.39, 0.29) is 196 Å². The Bertz CT molecular complexity index is 2350. The Kier molecular flexibility index (Phi) is 42.0. The summed E-state index contributed by atoms with van der Waals surface area (Å²) in [6.45, 7) is 1.52. The maximum absolute atomic E-state index is 12.6. The molecule has 10 unspecified atom stereocenters. The number of carbonyl (C=O) groups excluding carboxylic acids is 1. The van der Waals surface area contributed by atoms with E-state index in [4.69, 9.17) is 47.4 Å². The van der Waals surface area contributed by atoms with Crippen LogP contribution >= 0.6 is 0 Å². The molecule has 5 fully saturated rings. The molecule has 81 heavy (non-hydrogen) atoms. The van der Waals surface area contributed by atoms with Crippen molar-refractivity contribution in [3.63, 3.8) is 0 Å². The number of methoxy groups -OCH3 is 1. The summed E-state index contributed by atoms with van der Waals surface area (Å²) in [4.78, 5) is 12.5.